The Labute approximate surface area is 281 Å². The maximum absolute atomic E-state index is 14.4. The van der Waals surface area contributed by atoms with Gasteiger partial charge in [-0.1, -0.05) is 11.6 Å². The van der Waals surface area contributed by atoms with Crippen LogP contribution in [0.15, 0.2) is 51.2 Å². The number of aromatic hydroxyl groups is 1. The molecule has 4 rings (SSSR count). The number of carbonyl (C=O) groups excluding carboxylic acids is 4. The summed E-state index contributed by atoms with van der Waals surface area (Å²) in [6.45, 7) is 9.79. The summed E-state index contributed by atoms with van der Waals surface area (Å²) < 4.78 is 45.6. The summed E-state index contributed by atoms with van der Waals surface area (Å²) in [5, 5.41) is 10.8. The van der Waals surface area contributed by atoms with Crippen LogP contribution in [0.3, 0.4) is 0 Å². The molecule has 1 aliphatic rings. The van der Waals surface area contributed by atoms with Crippen LogP contribution < -0.4 is 19.6 Å². The molecular weight excluding hydrogens is 644 g/mol. The van der Waals surface area contributed by atoms with Crippen LogP contribution in [0.4, 0.5) is 0 Å². The maximum atomic E-state index is 14.4. The molecule has 0 amide bonds. The SMILES string of the molecule is COc1ccc(-c2oc3c(CC=C(C)C)c(OC(C)=O)cc(O)c3c(=O)c2O[C@@H]2O[C@@H](C)[C@H](OC(C)=O)[C@@H](OC(C)=O)[C@H]2OC(C)=O)cc1. The number of carbonyl (C=O) groups is 4. The predicted molar refractivity (Wildman–Crippen MR) is 172 cm³/mol. The lowest BCUT2D eigenvalue weighted by Gasteiger charge is -2.43. The number of phenols is 1. The topological polar surface area (TPSA) is 183 Å². The van der Waals surface area contributed by atoms with E-state index < -0.39 is 71.5 Å². The Balaban J connectivity index is 2.01. The number of rotatable bonds is 10. The fraction of sp³-hybridized carbons (Fsp3) is 0.400. The van der Waals surface area contributed by atoms with Crippen molar-refractivity contribution in [2.75, 3.05) is 7.11 Å². The Morgan fingerprint density at radius 1 is 0.857 bits per heavy atom. The van der Waals surface area contributed by atoms with E-state index in [0.717, 1.165) is 32.4 Å². The van der Waals surface area contributed by atoms with Gasteiger partial charge in [0, 0.05) is 44.9 Å². The van der Waals surface area contributed by atoms with Crippen molar-refractivity contribution in [3.05, 3.63) is 57.8 Å². The number of phenolic OH excluding ortho intramolecular Hbond substituents is 1. The first-order valence-electron chi connectivity index (χ1n) is 15.3. The Bertz CT molecular complexity index is 1830. The lowest BCUT2D eigenvalue weighted by molar-refractivity contribution is -0.280. The van der Waals surface area contributed by atoms with E-state index >= 15 is 0 Å². The molecule has 3 aromatic rings. The quantitative estimate of drug-likeness (QED) is 0.136. The summed E-state index contributed by atoms with van der Waals surface area (Å²) in [4.78, 5) is 62.9. The third-order valence-electron chi connectivity index (χ3n) is 7.35. The molecule has 1 aromatic heterocycles. The Hall–Kier alpha value is -5.37. The van der Waals surface area contributed by atoms with Crippen molar-refractivity contribution in [3.8, 4) is 34.3 Å². The lowest BCUT2D eigenvalue weighted by atomic mass is 9.98. The van der Waals surface area contributed by atoms with Gasteiger partial charge in [-0.25, -0.2) is 0 Å². The smallest absolute Gasteiger partial charge is 0.308 e. The molecule has 5 atom stereocenters. The molecule has 262 valence electrons. The summed E-state index contributed by atoms with van der Waals surface area (Å²) in [7, 11) is 1.48. The Kier molecular flexibility index (Phi) is 11.3. The van der Waals surface area contributed by atoms with Gasteiger partial charge in [0.2, 0.25) is 23.6 Å². The summed E-state index contributed by atoms with van der Waals surface area (Å²) >= 11 is 0. The number of allylic oxidation sites excluding steroid dienone is 2. The minimum absolute atomic E-state index is 0.0207. The fourth-order valence-electron chi connectivity index (χ4n) is 5.33. The van der Waals surface area contributed by atoms with E-state index in [4.69, 9.17) is 37.6 Å². The second-order valence-corrected chi connectivity index (χ2v) is 11.5. The van der Waals surface area contributed by atoms with Crippen molar-refractivity contribution in [1.29, 1.82) is 0 Å². The van der Waals surface area contributed by atoms with Gasteiger partial charge >= 0.3 is 23.9 Å². The van der Waals surface area contributed by atoms with Gasteiger partial charge in [-0.2, -0.15) is 0 Å². The molecule has 0 saturated carbocycles. The average Bonchev–Trinajstić information content (AvgIpc) is 3.00. The molecule has 1 fully saturated rings. The summed E-state index contributed by atoms with van der Waals surface area (Å²) in [6.07, 6.45) is -4.82. The Morgan fingerprint density at radius 3 is 2.00 bits per heavy atom. The van der Waals surface area contributed by atoms with Crippen LogP contribution in [0.1, 0.15) is 54.0 Å². The molecule has 0 bridgehead atoms. The number of ether oxygens (including phenoxy) is 7. The molecule has 1 N–H and O–H groups in total. The lowest BCUT2D eigenvalue weighted by Crippen LogP contribution is -2.62. The van der Waals surface area contributed by atoms with Gasteiger partial charge in [-0.15, -0.1) is 0 Å². The molecular formula is C35H38O14. The van der Waals surface area contributed by atoms with Crippen molar-refractivity contribution in [3.63, 3.8) is 0 Å². The highest BCUT2D eigenvalue weighted by atomic mass is 16.7. The van der Waals surface area contributed by atoms with Crippen LogP contribution in [0.25, 0.3) is 22.3 Å². The standard InChI is InChI=1S/C35H38O14/c1-16(2)9-14-24-26(44-18(4)36)15-25(40)27-28(41)32(30(48-31(24)27)22-10-12-23(42-8)13-11-22)49-35-34(47-21(7)39)33(46-20(6)38)29(17(3)43-35)45-19(5)37/h9-13,15,17,29,33-35,40H,14H2,1-8H3/t17-,29-,33+,34+,35-/m0/s1. The first-order chi connectivity index (χ1) is 23.1. The van der Waals surface area contributed by atoms with Crippen molar-refractivity contribution in [2.45, 2.75) is 85.6 Å². The normalized spacial score (nSPS) is 20.1. The zero-order chi connectivity index (χ0) is 36.2. The van der Waals surface area contributed by atoms with Gasteiger partial charge in [0.05, 0.1) is 13.2 Å². The molecule has 1 saturated heterocycles. The van der Waals surface area contributed by atoms with E-state index in [1.165, 1.54) is 21.0 Å². The van der Waals surface area contributed by atoms with Gasteiger partial charge in [0.15, 0.2) is 18.0 Å². The van der Waals surface area contributed by atoms with Crippen LogP contribution in [0.5, 0.6) is 23.0 Å². The number of methoxy groups -OCH3 is 1. The third kappa shape index (κ3) is 8.38. The maximum Gasteiger partial charge on any atom is 0.308 e. The average molecular weight is 683 g/mol. The molecule has 0 aliphatic carbocycles. The second-order valence-electron chi connectivity index (χ2n) is 11.5. The van der Waals surface area contributed by atoms with Crippen LogP contribution in [0.2, 0.25) is 0 Å². The largest absolute Gasteiger partial charge is 0.507 e. The zero-order valence-electron chi connectivity index (χ0n) is 28.3. The molecule has 49 heavy (non-hydrogen) atoms. The van der Waals surface area contributed by atoms with Gasteiger partial charge in [0.25, 0.3) is 0 Å². The summed E-state index contributed by atoms with van der Waals surface area (Å²) in [5.41, 5.74) is 0.590. The second kappa shape index (κ2) is 15.2. The molecule has 2 heterocycles. The molecule has 14 heteroatoms. The first-order valence-corrected chi connectivity index (χ1v) is 15.3. The van der Waals surface area contributed by atoms with Gasteiger partial charge in [-0.3, -0.25) is 24.0 Å². The van der Waals surface area contributed by atoms with Crippen molar-refractivity contribution in [1.82, 2.24) is 0 Å². The van der Waals surface area contributed by atoms with Crippen LogP contribution in [-0.2, 0) is 44.5 Å². The molecule has 0 spiro atoms. The van der Waals surface area contributed by atoms with Crippen molar-refractivity contribution >= 4 is 34.8 Å². The highest BCUT2D eigenvalue weighted by Crippen LogP contribution is 2.41. The molecule has 14 nitrogen and oxygen atoms in total. The summed E-state index contributed by atoms with van der Waals surface area (Å²) in [5.74, 6) is -3.70. The van der Waals surface area contributed by atoms with E-state index in [1.807, 2.05) is 19.9 Å². The monoisotopic (exact) mass is 682 g/mol. The number of esters is 4. The minimum atomic E-state index is -1.62. The number of hydrogen-bond acceptors (Lipinski definition) is 14. The van der Waals surface area contributed by atoms with E-state index in [1.54, 1.807) is 24.3 Å². The molecule has 1 aliphatic heterocycles. The Morgan fingerprint density at radius 2 is 1.45 bits per heavy atom. The van der Waals surface area contributed by atoms with Crippen LogP contribution in [-0.4, -0.2) is 66.8 Å². The molecule has 2 aromatic carbocycles. The van der Waals surface area contributed by atoms with Crippen molar-refractivity contribution < 1.29 is 61.9 Å². The number of fused-ring (bicyclic) bond motifs is 1. The highest BCUT2D eigenvalue weighted by molar-refractivity contribution is 5.92. The van der Waals surface area contributed by atoms with Crippen molar-refractivity contribution in [2.24, 2.45) is 0 Å². The fourth-order valence-corrected chi connectivity index (χ4v) is 5.33. The van der Waals surface area contributed by atoms with Crippen LogP contribution >= 0.6 is 0 Å². The van der Waals surface area contributed by atoms with E-state index in [-0.39, 0.29) is 28.9 Å². The minimum Gasteiger partial charge on any atom is -0.507 e. The highest BCUT2D eigenvalue weighted by Gasteiger charge is 2.52. The predicted octanol–water partition coefficient (Wildman–Crippen LogP) is 4.53. The first kappa shape index (κ1) is 36.5. The van der Waals surface area contributed by atoms with E-state index in [2.05, 4.69) is 0 Å². The van der Waals surface area contributed by atoms with Gasteiger partial charge in [-0.05, 0) is 51.5 Å². The number of benzene rings is 2. The molecule has 0 radical (unpaired) electrons. The zero-order valence-corrected chi connectivity index (χ0v) is 28.3. The van der Waals surface area contributed by atoms with E-state index in [9.17, 15) is 29.1 Å². The summed E-state index contributed by atoms with van der Waals surface area (Å²) in [6, 6.07) is 7.54. The van der Waals surface area contributed by atoms with Crippen LogP contribution in [0, 0.1) is 0 Å². The van der Waals surface area contributed by atoms with E-state index in [0.29, 0.717) is 16.9 Å². The van der Waals surface area contributed by atoms with Gasteiger partial charge < -0.3 is 42.7 Å². The molecule has 0 unspecified atom stereocenters. The van der Waals surface area contributed by atoms with Gasteiger partial charge in [0.1, 0.15) is 28.2 Å². The third-order valence-corrected chi connectivity index (χ3v) is 7.35. The number of hydrogen-bond donors (Lipinski definition) is 1.